The highest BCUT2D eigenvalue weighted by Gasteiger charge is 2.27. The fourth-order valence-corrected chi connectivity index (χ4v) is 5.25. The Kier molecular flexibility index (Phi) is 6.56. The summed E-state index contributed by atoms with van der Waals surface area (Å²) in [5.74, 6) is 0. The van der Waals surface area contributed by atoms with E-state index in [2.05, 4.69) is 25.4 Å². The van der Waals surface area contributed by atoms with Gasteiger partial charge in [0.15, 0.2) is 9.84 Å². The van der Waals surface area contributed by atoms with Gasteiger partial charge in [-0.05, 0) is 50.2 Å². The Balaban J connectivity index is 1.58. The molecule has 38 heavy (non-hydrogen) atoms. The van der Waals surface area contributed by atoms with Crippen molar-refractivity contribution in [2.24, 2.45) is 12.0 Å². The van der Waals surface area contributed by atoms with Crippen LogP contribution in [0, 0.1) is 13.8 Å². The number of nitrogens with one attached hydrogen (secondary N) is 1. The van der Waals surface area contributed by atoms with E-state index >= 15 is 0 Å². The lowest BCUT2D eigenvalue weighted by Gasteiger charge is -2.15. The third kappa shape index (κ3) is 5.19. The van der Waals surface area contributed by atoms with E-state index in [9.17, 15) is 17.2 Å². The Labute approximate surface area is 219 Å². The van der Waals surface area contributed by atoms with Crippen LogP contribution >= 0.6 is 0 Å². The van der Waals surface area contributed by atoms with Crippen LogP contribution < -0.4 is 5.32 Å². The molecule has 0 spiro atoms. The molecule has 0 radical (unpaired) electrons. The molecule has 0 aliphatic carbocycles. The Morgan fingerprint density at radius 3 is 2.47 bits per heavy atom. The van der Waals surface area contributed by atoms with E-state index in [1.165, 1.54) is 0 Å². The molecule has 0 saturated heterocycles. The van der Waals surface area contributed by atoms with Crippen LogP contribution in [0.5, 0.6) is 0 Å². The van der Waals surface area contributed by atoms with Crippen molar-refractivity contribution in [2.45, 2.75) is 38.0 Å². The van der Waals surface area contributed by atoms with Gasteiger partial charge in [-0.25, -0.2) is 22.2 Å². The second-order valence-electron chi connectivity index (χ2n) is 9.39. The Hall–Kier alpha value is -3.99. The third-order valence-electron chi connectivity index (χ3n) is 6.34. The highest BCUT2D eigenvalue weighted by Crippen LogP contribution is 2.39. The van der Waals surface area contributed by atoms with Crippen molar-refractivity contribution in [1.29, 1.82) is 0 Å². The normalized spacial score (nSPS) is 13.1. The zero-order valence-corrected chi connectivity index (χ0v) is 22.1. The molecular formula is C27H26F2N6O2S. The minimum Gasteiger partial charge on any atom is -0.353 e. The molecule has 8 nitrogen and oxygen atoms in total. The van der Waals surface area contributed by atoms with Crippen molar-refractivity contribution in [1.82, 2.24) is 19.7 Å². The summed E-state index contributed by atoms with van der Waals surface area (Å²) >= 11 is 0. The predicted molar refractivity (Wildman–Crippen MR) is 143 cm³/mol. The number of rotatable bonds is 7. The monoisotopic (exact) mass is 536 g/mol. The highest BCUT2D eigenvalue weighted by atomic mass is 32.2. The molecule has 1 aliphatic rings. The number of hydrogen-bond donors (Lipinski definition) is 1. The highest BCUT2D eigenvalue weighted by molar-refractivity contribution is 7.90. The molecule has 1 N–H and O–H groups in total. The number of pyridine rings is 2. The molecule has 1 aromatic carbocycles. The van der Waals surface area contributed by atoms with E-state index in [1.807, 2.05) is 45.2 Å². The maximum absolute atomic E-state index is 13.5. The van der Waals surface area contributed by atoms with Crippen molar-refractivity contribution in [2.75, 3.05) is 11.6 Å². The molecule has 11 heteroatoms. The van der Waals surface area contributed by atoms with Gasteiger partial charge < -0.3 is 5.32 Å². The maximum atomic E-state index is 13.5. The Bertz CT molecular complexity index is 1680. The first-order chi connectivity index (χ1) is 18.0. The lowest BCUT2D eigenvalue weighted by molar-refractivity contribution is 0.224. The van der Waals surface area contributed by atoms with E-state index in [4.69, 9.17) is 0 Å². The van der Waals surface area contributed by atoms with Crippen molar-refractivity contribution in [3.05, 3.63) is 77.0 Å². The third-order valence-corrected chi connectivity index (χ3v) is 7.48. The maximum Gasteiger partial charge on any atom is 0.277 e. The van der Waals surface area contributed by atoms with E-state index in [0.29, 0.717) is 40.4 Å². The molecular weight excluding hydrogens is 510 g/mol. The number of aryl methyl sites for hydroxylation is 3. The standard InChI is InChI=1S/C27H26F2N6O2S/c1-15-6-5-7-18(30-15)12-19-13-22(26-23(31-19)14-24(33-26)27(28)29)32-20-9-8-17(11-25(20)38(4,36)37)21-10-16(2)35(3)34-21/h5-11,13,27H,12,14H2,1-4H3,(H,31,32). The topological polar surface area (TPSA) is 102 Å². The average molecular weight is 537 g/mol. The number of nitrogens with zero attached hydrogens (tertiary/aromatic N) is 5. The molecule has 4 aromatic rings. The fourth-order valence-electron chi connectivity index (χ4n) is 4.39. The molecule has 3 aromatic heterocycles. The van der Waals surface area contributed by atoms with Gasteiger partial charge in [0, 0.05) is 54.5 Å². The van der Waals surface area contributed by atoms with Crippen LogP contribution in [0.15, 0.2) is 58.4 Å². The molecule has 0 atom stereocenters. The summed E-state index contributed by atoms with van der Waals surface area (Å²) in [6.45, 7) is 3.80. The number of alkyl halides is 2. The van der Waals surface area contributed by atoms with E-state index in [-0.39, 0.29) is 22.7 Å². The van der Waals surface area contributed by atoms with Gasteiger partial charge in [-0.3, -0.25) is 14.6 Å². The number of anilines is 2. The fraction of sp³-hybridized carbons (Fsp3) is 0.259. The summed E-state index contributed by atoms with van der Waals surface area (Å²) in [5.41, 5.74) is 5.58. The van der Waals surface area contributed by atoms with Crippen LogP contribution in [0.3, 0.4) is 0 Å². The number of aromatic nitrogens is 4. The minimum absolute atomic E-state index is 0.0572. The summed E-state index contributed by atoms with van der Waals surface area (Å²) < 4.78 is 54.4. The molecule has 5 rings (SSSR count). The lowest BCUT2D eigenvalue weighted by atomic mass is 10.1. The zero-order valence-electron chi connectivity index (χ0n) is 21.3. The first-order valence-electron chi connectivity index (χ1n) is 11.9. The summed E-state index contributed by atoms with van der Waals surface area (Å²) in [6, 6.07) is 14.2. The van der Waals surface area contributed by atoms with Crippen LogP contribution in [-0.2, 0) is 29.7 Å². The number of sulfone groups is 1. The van der Waals surface area contributed by atoms with Crippen molar-refractivity contribution in [3.63, 3.8) is 0 Å². The molecule has 0 amide bonds. The van der Waals surface area contributed by atoms with Crippen molar-refractivity contribution in [3.8, 4) is 11.3 Å². The second kappa shape index (κ2) is 9.71. The van der Waals surface area contributed by atoms with Gasteiger partial charge in [0.25, 0.3) is 6.43 Å². The first kappa shape index (κ1) is 25.7. The largest absolute Gasteiger partial charge is 0.353 e. The molecule has 196 valence electrons. The van der Waals surface area contributed by atoms with Crippen LogP contribution in [0.1, 0.15) is 28.5 Å². The predicted octanol–water partition coefficient (Wildman–Crippen LogP) is 5.13. The number of halogens is 2. The molecule has 4 heterocycles. The number of fused-ring (bicyclic) bond motifs is 1. The van der Waals surface area contributed by atoms with Gasteiger partial charge in [-0.2, -0.15) is 5.10 Å². The number of aliphatic imine (C=N–C) groups is 1. The summed E-state index contributed by atoms with van der Waals surface area (Å²) in [7, 11) is -1.85. The summed E-state index contributed by atoms with van der Waals surface area (Å²) in [4.78, 5) is 13.3. The van der Waals surface area contributed by atoms with Crippen LogP contribution in [0.25, 0.3) is 11.3 Å². The molecule has 1 aliphatic heterocycles. The van der Waals surface area contributed by atoms with Gasteiger partial charge in [0.2, 0.25) is 0 Å². The van der Waals surface area contributed by atoms with Gasteiger partial charge in [0.1, 0.15) is 5.69 Å². The van der Waals surface area contributed by atoms with E-state index < -0.39 is 16.3 Å². The molecule has 0 saturated carbocycles. The first-order valence-corrected chi connectivity index (χ1v) is 13.8. The average Bonchev–Trinajstić information content (AvgIpc) is 3.42. The summed E-state index contributed by atoms with van der Waals surface area (Å²) in [6.07, 6.45) is -1.29. The Morgan fingerprint density at radius 2 is 1.82 bits per heavy atom. The second-order valence-corrected chi connectivity index (χ2v) is 11.4. The van der Waals surface area contributed by atoms with Gasteiger partial charge >= 0.3 is 0 Å². The van der Waals surface area contributed by atoms with E-state index in [1.54, 1.807) is 28.9 Å². The van der Waals surface area contributed by atoms with E-state index in [0.717, 1.165) is 23.3 Å². The summed E-state index contributed by atoms with van der Waals surface area (Å²) in [5, 5.41) is 7.60. The van der Waals surface area contributed by atoms with Crippen LogP contribution in [-0.4, -0.2) is 46.6 Å². The quantitative estimate of drug-likeness (QED) is 0.352. The van der Waals surface area contributed by atoms with Gasteiger partial charge in [-0.15, -0.1) is 0 Å². The van der Waals surface area contributed by atoms with Gasteiger partial charge in [-0.1, -0.05) is 12.1 Å². The SMILES string of the molecule is Cc1cccc(Cc2cc(Nc3ccc(-c4cc(C)n(C)n4)cc3S(C)(=O)=O)c3c(n2)CC(C(F)F)=N3)n1. The van der Waals surface area contributed by atoms with Gasteiger partial charge in [0.05, 0.1) is 33.4 Å². The molecule has 0 bridgehead atoms. The number of hydrogen-bond acceptors (Lipinski definition) is 7. The Morgan fingerprint density at radius 1 is 1.03 bits per heavy atom. The number of benzene rings is 1. The lowest BCUT2D eigenvalue weighted by Crippen LogP contribution is -2.10. The molecule has 0 fully saturated rings. The van der Waals surface area contributed by atoms with Crippen LogP contribution in [0.4, 0.5) is 25.8 Å². The minimum atomic E-state index is -3.67. The van der Waals surface area contributed by atoms with Crippen molar-refractivity contribution >= 4 is 32.6 Å². The molecule has 0 unspecified atom stereocenters. The van der Waals surface area contributed by atoms with Crippen LogP contribution in [0.2, 0.25) is 0 Å². The smallest absolute Gasteiger partial charge is 0.277 e. The van der Waals surface area contributed by atoms with Crippen molar-refractivity contribution < 1.29 is 17.2 Å². The zero-order chi connectivity index (χ0) is 27.2.